The Kier molecular flexibility index (Phi) is 4.47. The van der Waals surface area contributed by atoms with E-state index in [0.717, 1.165) is 30.4 Å². The number of carbonyl (C=O) groups excluding carboxylic acids is 1. The lowest BCUT2D eigenvalue weighted by molar-refractivity contribution is -0.138. The molecule has 0 bridgehead atoms. The topological polar surface area (TPSA) is 26.3 Å². The molecule has 0 atom stereocenters. The van der Waals surface area contributed by atoms with Crippen LogP contribution in [0, 0.1) is 5.82 Å². The molecule has 0 aliphatic rings. The molecule has 2 nitrogen and oxygen atoms in total. The zero-order valence-electron chi connectivity index (χ0n) is 9.42. The van der Waals surface area contributed by atoms with Gasteiger partial charge in [0.05, 0.1) is 12.2 Å². The maximum Gasteiger partial charge on any atom is 0.417 e. The van der Waals surface area contributed by atoms with E-state index in [0.29, 0.717) is 0 Å². The van der Waals surface area contributed by atoms with Crippen LogP contribution in [0.25, 0.3) is 6.08 Å². The summed E-state index contributed by atoms with van der Waals surface area (Å²) in [5, 5.41) is 0. The molecular formula is C12H10F4O2. The van der Waals surface area contributed by atoms with Crippen molar-refractivity contribution < 1.29 is 27.1 Å². The highest BCUT2D eigenvalue weighted by molar-refractivity contribution is 5.87. The van der Waals surface area contributed by atoms with E-state index in [1.54, 1.807) is 6.92 Å². The first-order valence-electron chi connectivity index (χ1n) is 5.06. The van der Waals surface area contributed by atoms with Crippen LogP contribution in [-0.4, -0.2) is 12.6 Å². The van der Waals surface area contributed by atoms with Gasteiger partial charge in [0.25, 0.3) is 0 Å². The predicted molar refractivity (Wildman–Crippen MR) is 57.1 cm³/mol. The van der Waals surface area contributed by atoms with Gasteiger partial charge in [-0.05, 0) is 25.1 Å². The van der Waals surface area contributed by atoms with Crippen LogP contribution in [0.5, 0.6) is 0 Å². The zero-order chi connectivity index (χ0) is 13.8. The number of hydrogen-bond acceptors (Lipinski definition) is 2. The molecule has 0 saturated heterocycles. The first-order valence-corrected chi connectivity index (χ1v) is 5.06. The van der Waals surface area contributed by atoms with Gasteiger partial charge in [0, 0.05) is 11.6 Å². The van der Waals surface area contributed by atoms with E-state index < -0.39 is 29.1 Å². The van der Waals surface area contributed by atoms with Gasteiger partial charge >= 0.3 is 12.1 Å². The highest BCUT2D eigenvalue weighted by atomic mass is 19.4. The Balaban J connectivity index is 3.12. The van der Waals surface area contributed by atoms with Crippen LogP contribution >= 0.6 is 0 Å². The van der Waals surface area contributed by atoms with Crippen molar-refractivity contribution in [2.24, 2.45) is 0 Å². The summed E-state index contributed by atoms with van der Waals surface area (Å²) in [4.78, 5) is 11.0. The van der Waals surface area contributed by atoms with Crippen LogP contribution in [0.1, 0.15) is 18.1 Å². The largest absolute Gasteiger partial charge is 0.463 e. The Morgan fingerprint density at radius 2 is 2.06 bits per heavy atom. The minimum absolute atomic E-state index is 0.0899. The third-order valence-corrected chi connectivity index (χ3v) is 2.03. The predicted octanol–water partition coefficient (Wildman–Crippen LogP) is 3.42. The fourth-order valence-electron chi connectivity index (χ4n) is 1.30. The second-order valence-corrected chi connectivity index (χ2v) is 3.28. The summed E-state index contributed by atoms with van der Waals surface area (Å²) in [5.74, 6) is -1.88. The molecule has 6 heteroatoms. The second kappa shape index (κ2) is 5.66. The summed E-state index contributed by atoms with van der Waals surface area (Å²) in [7, 11) is 0. The van der Waals surface area contributed by atoms with E-state index in [9.17, 15) is 22.4 Å². The summed E-state index contributed by atoms with van der Waals surface area (Å²) in [6.45, 7) is 1.64. The average molecular weight is 262 g/mol. The molecule has 98 valence electrons. The van der Waals surface area contributed by atoms with Crippen molar-refractivity contribution >= 4 is 12.0 Å². The Bertz CT molecular complexity index is 464. The van der Waals surface area contributed by atoms with E-state index >= 15 is 0 Å². The van der Waals surface area contributed by atoms with Crippen molar-refractivity contribution in [3.05, 3.63) is 41.2 Å². The number of carbonyl (C=O) groups is 1. The van der Waals surface area contributed by atoms with Crippen molar-refractivity contribution in [2.45, 2.75) is 13.1 Å². The first-order chi connectivity index (χ1) is 8.36. The highest BCUT2D eigenvalue weighted by Gasteiger charge is 2.33. The molecule has 0 amide bonds. The SMILES string of the molecule is CCOC(=O)/C=C/c1c(F)cccc1C(F)(F)F. The van der Waals surface area contributed by atoms with Crippen molar-refractivity contribution in [1.82, 2.24) is 0 Å². The Labute approximate surface area is 101 Å². The van der Waals surface area contributed by atoms with Crippen LogP contribution in [0.4, 0.5) is 17.6 Å². The molecule has 1 aromatic carbocycles. The summed E-state index contributed by atoms with van der Waals surface area (Å²) in [6.07, 6.45) is -3.16. The maximum atomic E-state index is 13.3. The number of rotatable bonds is 3. The molecule has 0 spiro atoms. The molecule has 0 N–H and O–H groups in total. The lowest BCUT2D eigenvalue weighted by Gasteiger charge is -2.10. The standard InChI is InChI=1S/C12H10F4O2/c1-2-18-11(17)7-6-8-9(12(14,15)16)4-3-5-10(8)13/h3-7H,2H2,1H3/b7-6+. The number of benzene rings is 1. The second-order valence-electron chi connectivity index (χ2n) is 3.28. The third-order valence-electron chi connectivity index (χ3n) is 2.03. The number of ether oxygens (including phenoxy) is 1. The van der Waals surface area contributed by atoms with Gasteiger partial charge < -0.3 is 4.74 Å². The fourth-order valence-corrected chi connectivity index (χ4v) is 1.30. The molecular weight excluding hydrogens is 252 g/mol. The fraction of sp³-hybridized carbons (Fsp3) is 0.250. The number of halogens is 4. The van der Waals surface area contributed by atoms with Crippen molar-refractivity contribution in [1.29, 1.82) is 0 Å². The van der Waals surface area contributed by atoms with Gasteiger partial charge in [0.15, 0.2) is 0 Å². The monoisotopic (exact) mass is 262 g/mol. The normalized spacial score (nSPS) is 11.8. The van der Waals surface area contributed by atoms with Crippen LogP contribution in [0.15, 0.2) is 24.3 Å². The molecule has 0 aromatic heterocycles. The van der Waals surface area contributed by atoms with Crippen LogP contribution < -0.4 is 0 Å². The Hall–Kier alpha value is -1.85. The molecule has 0 radical (unpaired) electrons. The Morgan fingerprint density at radius 1 is 1.39 bits per heavy atom. The summed E-state index contributed by atoms with van der Waals surface area (Å²) in [6, 6.07) is 2.59. The first kappa shape index (κ1) is 14.2. The average Bonchev–Trinajstić information content (AvgIpc) is 2.26. The van der Waals surface area contributed by atoms with Crippen molar-refractivity contribution in [3.63, 3.8) is 0 Å². The molecule has 1 rings (SSSR count). The lowest BCUT2D eigenvalue weighted by Crippen LogP contribution is -2.09. The minimum Gasteiger partial charge on any atom is -0.463 e. The molecule has 0 heterocycles. The minimum atomic E-state index is -4.68. The van der Waals surface area contributed by atoms with E-state index in [2.05, 4.69) is 4.74 Å². The molecule has 1 aromatic rings. The van der Waals surface area contributed by atoms with Crippen LogP contribution in [-0.2, 0) is 15.7 Å². The number of hydrogen-bond donors (Lipinski definition) is 0. The van der Waals surface area contributed by atoms with E-state index in [4.69, 9.17) is 0 Å². The molecule has 18 heavy (non-hydrogen) atoms. The molecule has 0 unspecified atom stereocenters. The van der Waals surface area contributed by atoms with Crippen molar-refractivity contribution in [2.75, 3.05) is 6.61 Å². The van der Waals surface area contributed by atoms with E-state index in [1.165, 1.54) is 0 Å². The van der Waals surface area contributed by atoms with Gasteiger partial charge in [-0.3, -0.25) is 0 Å². The van der Waals surface area contributed by atoms with E-state index in [-0.39, 0.29) is 6.61 Å². The van der Waals surface area contributed by atoms with Gasteiger partial charge in [0.1, 0.15) is 5.82 Å². The van der Waals surface area contributed by atoms with E-state index in [1.807, 2.05) is 0 Å². The molecule has 0 aliphatic carbocycles. The smallest absolute Gasteiger partial charge is 0.417 e. The zero-order valence-corrected chi connectivity index (χ0v) is 9.42. The molecule has 0 aliphatic heterocycles. The lowest BCUT2D eigenvalue weighted by atomic mass is 10.1. The number of alkyl halides is 3. The summed E-state index contributed by atoms with van der Waals surface area (Å²) >= 11 is 0. The highest BCUT2D eigenvalue weighted by Crippen LogP contribution is 2.33. The van der Waals surface area contributed by atoms with Gasteiger partial charge in [-0.15, -0.1) is 0 Å². The van der Waals surface area contributed by atoms with Gasteiger partial charge in [-0.1, -0.05) is 6.07 Å². The van der Waals surface area contributed by atoms with Gasteiger partial charge in [-0.25, -0.2) is 9.18 Å². The van der Waals surface area contributed by atoms with Crippen LogP contribution in [0.2, 0.25) is 0 Å². The summed E-state index contributed by atoms with van der Waals surface area (Å²) in [5.41, 5.74) is -1.82. The van der Waals surface area contributed by atoms with Gasteiger partial charge in [-0.2, -0.15) is 13.2 Å². The molecule has 0 saturated carbocycles. The molecule has 0 fully saturated rings. The van der Waals surface area contributed by atoms with Crippen molar-refractivity contribution in [3.8, 4) is 0 Å². The summed E-state index contributed by atoms with van der Waals surface area (Å²) < 4.78 is 55.6. The maximum absolute atomic E-state index is 13.3. The quantitative estimate of drug-likeness (QED) is 0.474. The number of esters is 1. The third kappa shape index (κ3) is 3.58. The Morgan fingerprint density at radius 3 is 2.61 bits per heavy atom. The van der Waals surface area contributed by atoms with Gasteiger partial charge in [0.2, 0.25) is 0 Å². The van der Waals surface area contributed by atoms with Crippen LogP contribution in [0.3, 0.4) is 0 Å².